The molecule has 0 fully saturated rings. The third kappa shape index (κ3) is 4.86. The van der Waals surface area contributed by atoms with E-state index in [4.69, 9.17) is 14.7 Å². The second kappa shape index (κ2) is 7.32. The molecule has 0 unspecified atom stereocenters. The number of aryl methyl sites for hydroxylation is 1. The number of carboxylic acids is 1. The third-order valence-electron chi connectivity index (χ3n) is 2.37. The van der Waals surface area contributed by atoms with Gasteiger partial charge < -0.3 is 14.7 Å². The number of aliphatic carboxylic acids is 1. The molecule has 0 aliphatic carbocycles. The van der Waals surface area contributed by atoms with Crippen molar-refractivity contribution in [3.05, 3.63) is 29.8 Å². The van der Waals surface area contributed by atoms with Crippen molar-refractivity contribution < 1.29 is 19.5 Å². The number of ether oxygens (including phenoxy) is 1. The van der Waals surface area contributed by atoms with Crippen molar-refractivity contribution in [2.75, 3.05) is 13.7 Å². The number of carbonyl (C=O) groups is 1. The van der Waals surface area contributed by atoms with Gasteiger partial charge in [0.25, 0.3) is 0 Å². The van der Waals surface area contributed by atoms with Crippen LogP contribution in [0.3, 0.4) is 0 Å². The Morgan fingerprint density at radius 3 is 2.56 bits per heavy atom. The Labute approximate surface area is 106 Å². The van der Waals surface area contributed by atoms with E-state index in [1.165, 1.54) is 12.5 Å². The van der Waals surface area contributed by atoms with Crippen molar-refractivity contribution in [1.29, 1.82) is 0 Å². The molecule has 5 nitrogen and oxygen atoms in total. The molecule has 5 heteroatoms. The summed E-state index contributed by atoms with van der Waals surface area (Å²) < 4.78 is 5.06. The lowest BCUT2D eigenvalue weighted by atomic mass is 10.1. The number of hydrogen-bond donors (Lipinski definition) is 1. The van der Waals surface area contributed by atoms with Gasteiger partial charge >= 0.3 is 5.97 Å². The molecule has 0 saturated heterocycles. The molecular weight excluding hydrogens is 234 g/mol. The van der Waals surface area contributed by atoms with Crippen LogP contribution < -0.4 is 4.74 Å². The van der Waals surface area contributed by atoms with Crippen molar-refractivity contribution in [3.8, 4) is 5.75 Å². The molecule has 0 radical (unpaired) electrons. The maximum Gasteiger partial charge on any atom is 0.353 e. The van der Waals surface area contributed by atoms with Crippen LogP contribution in [-0.4, -0.2) is 30.5 Å². The molecule has 98 valence electrons. The van der Waals surface area contributed by atoms with Gasteiger partial charge in [-0.3, -0.25) is 0 Å². The molecule has 18 heavy (non-hydrogen) atoms. The lowest BCUT2D eigenvalue weighted by molar-refractivity contribution is -0.129. The number of carboxylic acid groups (broad SMARTS) is 1. The van der Waals surface area contributed by atoms with Crippen LogP contribution in [0.25, 0.3) is 0 Å². The minimum absolute atomic E-state index is 0.0422. The van der Waals surface area contributed by atoms with Gasteiger partial charge in [-0.05, 0) is 37.5 Å². The zero-order valence-electron chi connectivity index (χ0n) is 10.5. The van der Waals surface area contributed by atoms with E-state index in [0.29, 0.717) is 6.61 Å². The fourth-order valence-electron chi connectivity index (χ4n) is 1.31. The summed E-state index contributed by atoms with van der Waals surface area (Å²) in [4.78, 5) is 15.3. The van der Waals surface area contributed by atoms with E-state index in [1.807, 2.05) is 24.3 Å². The molecule has 0 amide bonds. The lowest BCUT2D eigenvalue weighted by Gasteiger charge is -2.03. The van der Waals surface area contributed by atoms with Crippen LogP contribution in [0, 0.1) is 0 Å². The zero-order chi connectivity index (χ0) is 13.4. The topological polar surface area (TPSA) is 68.1 Å². The second-order valence-corrected chi connectivity index (χ2v) is 3.77. The summed E-state index contributed by atoms with van der Waals surface area (Å²) in [6, 6.07) is 7.79. The predicted octanol–water partition coefficient (Wildman–Crippen LogP) is 2.10. The van der Waals surface area contributed by atoms with Gasteiger partial charge in [-0.25, -0.2) is 4.79 Å². The highest BCUT2D eigenvalue weighted by Crippen LogP contribution is 2.12. The van der Waals surface area contributed by atoms with Crippen molar-refractivity contribution in [3.63, 3.8) is 0 Å². The molecule has 0 spiro atoms. The number of nitrogens with zero attached hydrogens (tertiary/aromatic N) is 1. The first kappa shape index (κ1) is 14.0. The first-order valence-electron chi connectivity index (χ1n) is 5.66. The summed E-state index contributed by atoms with van der Waals surface area (Å²) in [7, 11) is 1.63. The van der Waals surface area contributed by atoms with Gasteiger partial charge in [0.2, 0.25) is 0 Å². The molecule has 1 aromatic rings. The van der Waals surface area contributed by atoms with Crippen LogP contribution in [0.1, 0.15) is 18.9 Å². The van der Waals surface area contributed by atoms with E-state index >= 15 is 0 Å². The molecule has 1 rings (SSSR count). The summed E-state index contributed by atoms with van der Waals surface area (Å²) in [5, 5.41) is 12.0. The SMILES string of the molecule is COc1ccc(CCCON=C(C)C(=O)O)cc1. The fraction of sp³-hybridized carbons (Fsp3) is 0.385. The number of oxime groups is 1. The van der Waals surface area contributed by atoms with Gasteiger partial charge in [-0.2, -0.15) is 0 Å². The van der Waals surface area contributed by atoms with Gasteiger partial charge in [0.15, 0.2) is 5.71 Å². The van der Waals surface area contributed by atoms with Crippen molar-refractivity contribution in [2.24, 2.45) is 5.16 Å². The van der Waals surface area contributed by atoms with Crippen LogP contribution in [0.4, 0.5) is 0 Å². The summed E-state index contributed by atoms with van der Waals surface area (Å²) in [6.07, 6.45) is 1.63. The largest absolute Gasteiger partial charge is 0.497 e. The normalized spacial score (nSPS) is 11.1. The van der Waals surface area contributed by atoms with E-state index in [1.54, 1.807) is 7.11 Å². The van der Waals surface area contributed by atoms with Crippen molar-refractivity contribution in [2.45, 2.75) is 19.8 Å². The fourth-order valence-corrected chi connectivity index (χ4v) is 1.31. The van der Waals surface area contributed by atoms with Crippen LogP contribution in [0.2, 0.25) is 0 Å². The van der Waals surface area contributed by atoms with Gasteiger partial charge in [0, 0.05) is 0 Å². The number of hydrogen-bond acceptors (Lipinski definition) is 4. The Bertz CT molecular complexity index is 412. The summed E-state index contributed by atoms with van der Waals surface area (Å²) >= 11 is 0. The number of benzene rings is 1. The van der Waals surface area contributed by atoms with Gasteiger partial charge in [-0.1, -0.05) is 17.3 Å². The van der Waals surface area contributed by atoms with Gasteiger partial charge in [-0.15, -0.1) is 0 Å². The minimum atomic E-state index is -1.06. The van der Waals surface area contributed by atoms with E-state index in [0.717, 1.165) is 18.6 Å². The molecule has 0 heterocycles. The van der Waals surface area contributed by atoms with Crippen LogP contribution in [0.5, 0.6) is 5.75 Å². The Morgan fingerprint density at radius 2 is 2.00 bits per heavy atom. The Balaban J connectivity index is 2.25. The Morgan fingerprint density at radius 1 is 1.33 bits per heavy atom. The van der Waals surface area contributed by atoms with Crippen molar-refractivity contribution in [1.82, 2.24) is 0 Å². The summed E-state index contributed by atoms with van der Waals surface area (Å²) in [5.74, 6) is -0.234. The highest BCUT2D eigenvalue weighted by atomic mass is 16.6. The van der Waals surface area contributed by atoms with E-state index in [9.17, 15) is 4.79 Å². The summed E-state index contributed by atoms with van der Waals surface area (Å²) in [5.41, 5.74) is 1.14. The number of methoxy groups -OCH3 is 1. The van der Waals surface area contributed by atoms with Gasteiger partial charge in [0.1, 0.15) is 12.4 Å². The van der Waals surface area contributed by atoms with Gasteiger partial charge in [0.05, 0.1) is 7.11 Å². The minimum Gasteiger partial charge on any atom is -0.497 e. The smallest absolute Gasteiger partial charge is 0.353 e. The second-order valence-electron chi connectivity index (χ2n) is 3.77. The molecule has 0 atom stereocenters. The zero-order valence-corrected chi connectivity index (χ0v) is 10.5. The molecule has 0 saturated carbocycles. The lowest BCUT2D eigenvalue weighted by Crippen LogP contribution is -2.08. The standard InChI is InChI=1S/C13H17NO4/c1-10(13(15)16)14-18-9-3-4-11-5-7-12(17-2)8-6-11/h5-8H,3-4,9H2,1-2H3,(H,15,16). The highest BCUT2D eigenvalue weighted by Gasteiger charge is 2.01. The molecule has 0 aliphatic rings. The summed E-state index contributed by atoms with van der Waals surface area (Å²) in [6.45, 7) is 1.79. The average molecular weight is 251 g/mol. The molecular formula is C13H17NO4. The quantitative estimate of drug-likeness (QED) is 0.458. The van der Waals surface area contributed by atoms with Crippen LogP contribution >= 0.6 is 0 Å². The molecule has 1 aromatic carbocycles. The average Bonchev–Trinajstić information content (AvgIpc) is 2.38. The maximum absolute atomic E-state index is 10.4. The Hall–Kier alpha value is -2.04. The van der Waals surface area contributed by atoms with E-state index in [-0.39, 0.29) is 5.71 Å². The third-order valence-corrected chi connectivity index (χ3v) is 2.37. The Kier molecular flexibility index (Phi) is 5.70. The molecule has 0 aliphatic heterocycles. The van der Waals surface area contributed by atoms with Crippen molar-refractivity contribution >= 4 is 11.7 Å². The molecule has 0 aromatic heterocycles. The highest BCUT2D eigenvalue weighted by molar-refractivity contribution is 6.34. The first-order valence-corrected chi connectivity index (χ1v) is 5.66. The van der Waals surface area contributed by atoms with E-state index < -0.39 is 5.97 Å². The molecule has 1 N–H and O–H groups in total. The monoisotopic (exact) mass is 251 g/mol. The maximum atomic E-state index is 10.4. The molecule has 0 bridgehead atoms. The van der Waals surface area contributed by atoms with Crippen LogP contribution in [-0.2, 0) is 16.1 Å². The van der Waals surface area contributed by atoms with Crippen LogP contribution in [0.15, 0.2) is 29.4 Å². The predicted molar refractivity (Wildman–Crippen MR) is 68.0 cm³/mol. The number of rotatable bonds is 7. The van der Waals surface area contributed by atoms with E-state index in [2.05, 4.69) is 5.16 Å². The first-order chi connectivity index (χ1) is 8.63.